The van der Waals surface area contributed by atoms with E-state index < -0.39 is 5.82 Å². The maximum absolute atomic E-state index is 13.4. The Morgan fingerprint density at radius 2 is 2.29 bits per heavy atom. The normalized spacial score (nSPS) is 17.5. The van der Waals surface area contributed by atoms with Crippen molar-refractivity contribution in [2.75, 3.05) is 20.3 Å². The number of halogens is 2. The van der Waals surface area contributed by atoms with E-state index in [1.54, 1.807) is 23.9 Å². The molecular weight excluding hydrogens is 333 g/mol. The predicted molar refractivity (Wildman–Crippen MR) is 89.2 cm³/mol. The molecule has 1 aliphatic rings. The van der Waals surface area contributed by atoms with Crippen molar-refractivity contribution in [3.05, 3.63) is 40.7 Å². The summed E-state index contributed by atoms with van der Waals surface area (Å²) in [6, 6.07) is 4.57. The van der Waals surface area contributed by atoms with Crippen molar-refractivity contribution >= 4 is 11.6 Å². The monoisotopic (exact) mass is 353 g/mol. The van der Waals surface area contributed by atoms with Crippen LogP contribution < -0.4 is 0 Å². The van der Waals surface area contributed by atoms with E-state index in [0.29, 0.717) is 24.5 Å². The standard InChI is InChI=1S/C17H21ClFN3O2/c1-23-10-8-16-20-17(7-5-13-3-2-9-24-13)22(21-16)12-4-6-15(19)14(18)11-12/h4,6,11,13H,2-3,5,7-10H2,1H3/t13-/m0/s1. The SMILES string of the molecule is COCCc1nc(CC[C@@H]2CCCO2)n(-c2ccc(F)c(Cl)c2)n1. The molecule has 0 N–H and O–H groups in total. The van der Waals surface area contributed by atoms with E-state index in [1.165, 1.54) is 6.07 Å². The van der Waals surface area contributed by atoms with Gasteiger partial charge in [0, 0.05) is 26.6 Å². The van der Waals surface area contributed by atoms with Gasteiger partial charge in [0.25, 0.3) is 0 Å². The summed E-state index contributed by atoms with van der Waals surface area (Å²) in [4.78, 5) is 4.62. The van der Waals surface area contributed by atoms with E-state index in [0.717, 1.165) is 38.1 Å². The summed E-state index contributed by atoms with van der Waals surface area (Å²) in [6.07, 6.45) is 4.77. The molecule has 1 aromatic heterocycles. The molecule has 1 aromatic carbocycles. The van der Waals surface area contributed by atoms with Crippen LogP contribution in [0.5, 0.6) is 0 Å². The summed E-state index contributed by atoms with van der Waals surface area (Å²) in [5.41, 5.74) is 0.708. The third-order valence-electron chi connectivity index (χ3n) is 4.11. The summed E-state index contributed by atoms with van der Waals surface area (Å²) >= 11 is 5.91. The number of ether oxygens (including phenoxy) is 2. The quantitative estimate of drug-likeness (QED) is 0.765. The summed E-state index contributed by atoms with van der Waals surface area (Å²) in [5.74, 6) is 1.10. The highest BCUT2D eigenvalue weighted by molar-refractivity contribution is 6.30. The molecule has 0 bridgehead atoms. The molecule has 1 saturated heterocycles. The van der Waals surface area contributed by atoms with Crippen LogP contribution in [0.3, 0.4) is 0 Å². The van der Waals surface area contributed by atoms with Crippen molar-refractivity contribution in [1.82, 2.24) is 14.8 Å². The fraction of sp³-hybridized carbons (Fsp3) is 0.529. The summed E-state index contributed by atoms with van der Waals surface area (Å²) in [5, 5.41) is 4.61. The molecule has 3 rings (SSSR count). The maximum Gasteiger partial charge on any atom is 0.153 e. The van der Waals surface area contributed by atoms with Gasteiger partial charge in [0.2, 0.25) is 0 Å². The molecule has 24 heavy (non-hydrogen) atoms. The van der Waals surface area contributed by atoms with E-state index in [4.69, 9.17) is 21.1 Å². The largest absolute Gasteiger partial charge is 0.384 e. The Bertz CT molecular complexity index is 686. The minimum atomic E-state index is -0.443. The van der Waals surface area contributed by atoms with E-state index in [2.05, 4.69) is 10.1 Å². The Kier molecular flexibility index (Phi) is 5.81. The average Bonchev–Trinajstić information content (AvgIpc) is 3.23. The lowest BCUT2D eigenvalue weighted by Crippen LogP contribution is -2.10. The molecule has 0 radical (unpaired) electrons. The maximum atomic E-state index is 13.4. The molecule has 5 nitrogen and oxygen atoms in total. The first-order valence-corrected chi connectivity index (χ1v) is 8.56. The van der Waals surface area contributed by atoms with E-state index in [-0.39, 0.29) is 11.1 Å². The Balaban J connectivity index is 1.83. The van der Waals surface area contributed by atoms with Crippen LogP contribution in [0.15, 0.2) is 18.2 Å². The van der Waals surface area contributed by atoms with Crippen LogP contribution in [0.1, 0.15) is 30.9 Å². The molecule has 0 amide bonds. The van der Waals surface area contributed by atoms with Crippen molar-refractivity contribution in [3.8, 4) is 5.69 Å². The average molecular weight is 354 g/mol. The van der Waals surface area contributed by atoms with Crippen molar-refractivity contribution < 1.29 is 13.9 Å². The van der Waals surface area contributed by atoms with Gasteiger partial charge in [-0.15, -0.1) is 0 Å². The van der Waals surface area contributed by atoms with Crippen LogP contribution in [0, 0.1) is 5.82 Å². The first-order chi connectivity index (χ1) is 11.7. The lowest BCUT2D eigenvalue weighted by molar-refractivity contribution is 0.104. The zero-order valence-electron chi connectivity index (χ0n) is 13.7. The highest BCUT2D eigenvalue weighted by atomic mass is 35.5. The molecule has 0 aliphatic carbocycles. The predicted octanol–water partition coefficient (Wildman–Crippen LogP) is 3.36. The molecule has 2 heterocycles. The molecule has 0 spiro atoms. The number of rotatable bonds is 7. The lowest BCUT2D eigenvalue weighted by Gasteiger charge is -2.10. The topological polar surface area (TPSA) is 49.2 Å². The first-order valence-electron chi connectivity index (χ1n) is 8.18. The van der Waals surface area contributed by atoms with Crippen molar-refractivity contribution in [3.63, 3.8) is 0 Å². The van der Waals surface area contributed by atoms with Crippen molar-refractivity contribution in [1.29, 1.82) is 0 Å². The van der Waals surface area contributed by atoms with Gasteiger partial charge in [-0.25, -0.2) is 14.1 Å². The second kappa shape index (κ2) is 8.05. The lowest BCUT2D eigenvalue weighted by atomic mass is 10.1. The van der Waals surface area contributed by atoms with Gasteiger partial charge in [-0.1, -0.05) is 11.6 Å². The molecule has 0 unspecified atom stereocenters. The Morgan fingerprint density at radius 1 is 1.42 bits per heavy atom. The highest BCUT2D eigenvalue weighted by Crippen LogP contribution is 2.22. The van der Waals surface area contributed by atoms with Gasteiger partial charge in [-0.3, -0.25) is 0 Å². The Hall–Kier alpha value is -1.50. The minimum Gasteiger partial charge on any atom is -0.384 e. The van der Waals surface area contributed by atoms with Gasteiger partial charge < -0.3 is 9.47 Å². The second-order valence-electron chi connectivity index (χ2n) is 5.87. The summed E-state index contributed by atoms with van der Waals surface area (Å²) in [6.45, 7) is 1.39. The number of aromatic nitrogens is 3. The van der Waals surface area contributed by atoms with E-state index in [1.807, 2.05) is 0 Å². The number of hydrogen-bond acceptors (Lipinski definition) is 4. The van der Waals surface area contributed by atoms with Gasteiger partial charge >= 0.3 is 0 Å². The van der Waals surface area contributed by atoms with E-state index in [9.17, 15) is 4.39 Å². The molecule has 7 heteroatoms. The number of benzene rings is 1. The molecule has 1 atom stereocenters. The fourth-order valence-corrected chi connectivity index (χ4v) is 3.01. The van der Waals surface area contributed by atoms with Crippen LogP contribution in [-0.4, -0.2) is 41.2 Å². The Morgan fingerprint density at radius 3 is 3.00 bits per heavy atom. The Labute approximate surface area is 145 Å². The van der Waals surface area contributed by atoms with Crippen molar-refractivity contribution in [2.45, 2.75) is 38.2 Å². The van der Waals surface area contributed by atoms with Crippen LogP contribution >= 0.6 is 11.6 Å². The first kappa shape index (κ1) is 17.3. The zero-order valence-corrected chi connectivity index (χ0v) is 14.4. The van der Waals surface area contributed by atoms with Gasteiger partial charge in [-0.2, -0.15) is 5.10 Å². The molecule has 0 saturated carbocycles. The number of methoxy groups -OCH3 is 1. The number of aryl methyl sites for hydroxylation is 1. The van der Waals surface area contributed by atoms with Crippen LogP contribution in [0.25, 0.3) is 5.69 Å². The smallest absolute Gasteiger partial charge is 0.153 e. The van der Waals surface area contributed by atoms with Gasteiger partial charge in [0.05, 0.1) is 23.4 Å². The van der Waals surface area contributed by atoms with Crippen molar-refractivity contribution in [2.24, 2.45) is 0 Å². The summed E-state index contributed by atoms with van der Waals surface area (Å²) < 4.78 is 25.9. The third-order valence-corrected chi connectivity index (χ3v) is 4.40. The number of hydrogen-bond donors (Lipinski definition) is 0. The van der Waals surface area contributed by atoms with Crippen LogP contribution in [0.2, 0.25) is 5.02 Å². The molecular formula is C17H21ClFN3O2. The second-order valence-corrected chi connectivity index (χ2v) is 6.28. The summed E-state index contributed by atoms with van der Waals surface area (Å²) in [7, 11) is 1.65. The highest BCUT2D eigenvalue weighted by Gasteiger charge is 2.18. The van der Waals surface area contributed by atoms with E-state index >= 15 is 0 Å². The fourth-order valence-electron chi connectivity index (χ4n) is 2.84. The van der Waals surface area contributed by atoms with Gasteiger partial charge in [0.15, 0.2) is 5.82 Å². The molecule has 1 aliphatic heterocycles. The molecule has 2 aromatic rings. The van der Waals surface area contributed by atoms with Crippen LogP contribution in [-0.2, 0) is 22.3 Å². The van der Waals surface area contributed by atoms with Gasteiger partial charge in [0.1, 0.15) is 11.6 Å². The molecule has 130 valence electrons. The zero-order chi connectivity index (χ0) is 16.9. The molecule has 1 fully saturated rings. The number of nitrogens with zero attached hydrogens (tertiary/aromatic N) is 3. The van der Waals surface area contributed by atoms with Gasteiger partial charge in [-0.05, 0) is 37.5 Å². The minimum absolute atomic E-state index is 0.0755. The van der Waals surface area contributed by atoms with Crippen LogP contribution in [0.4, 0.5) is 4.39 Å². The third kappa shape index (κ3) is 4.12.